The van der Waals surface area contributed by atoms with Crippen LogP contribution in [0.25, 0.3) is 11.0 Å². The van der Waals surface area contributed by atoms with Crippen molar-refractivity contribution in [3.63, 3.8) is 0 Å². The zero-order chi connectivity index (χ0) is 25.9. The van der Waals surface area contributed by atoms with Crippen LogP contribution in [0.4, 0.5) is 0 Å². The molecule has 3 aromatic rings. The molecule has 0 bridgehead atoms. The fourth-order valence-corrected chi connectivity index (χ4v) is 4.98. The summed E-state index contributed by atoms with van der Waals surface area (Å²) in [6.45, 7) is 4.25. The second kappa shape index (κ2) is 10.7. The molecule has 1 aromatic heterocycles. The van der Waals surface area contributed by atoms with Crippen LogP contribution in [0.3, 0.4) is 0 Å². The van der Waals surface area contributed by atoms with Crippen molar-refractivity contribution in [3.8, 4) is 11.5 Å². The number of hydrogen-bond donors (Lipinski definition) is 1. The summed E-state index contributed by atoms with van der Waals surface area (Å²) in [6.07, 6.45) is 0.689. The van der Waals surface area contributed by atoms with Crippen molar-refractivity contribution in [1.29, 1.82) is 0 Å². The molecule has 1 N–H and O–H groups in total. The highest BCUT2D eigenvalue weighted by Gasteiger charge is 2.44. The molecule has 37 heavy (non-hydrogen) atoms. The second-order valence-corrected chi connectivity index (χ2v) is 9.06. The number of para-hydroxylation sites is 1. The maximum absolute atomic E-state index is 13.8. The van der Waals surface area contributed by atoms with Crippen LogP contribution >= 0.6 is 0 Å². The summed E-state index contributed by atoms with van der Waals surface area (Å²) in [5.74, 6) is -0.487. The molecule has 9 heteroatoms. The van der Waals surface area contributed by atoms with E-state index in [1.807, 2.05) is 6.07 Å². The number of ether oxygens (including phenoxy) is 3. The first-order valence-electron chi connectivity index (χ1n) is 12.3. The number of nitrogens with zero attached hydrogens (tertiary/aromatic N) is 2. The largest absolute Gasteiger partial charge is 0.503 e. The number of Topliss-reactive ketones (excluding diaryl/α,β-unsaturated/α-hetero) is 1. The van der Waals surface area contributed by atoms with Gasteiger partial charge in [0.05, 0.1) is 39.0 Å². The van der Waals surface area contributed by atoms with E-state index in [9.17, 15) is 14.7 Å². The topological polar surface area (TPSA) is 102 Å². The van der Waals surface area contributed by atoms with Crippen molar-refractivity contribution in [2.45, 2.75) is 12.5 Å². The van der Waals surface area contributed by atoms with E-state index >= 15 is 0 Å². The highest BCUT2D eigenvalue weighted by atomic mass is 16.5. The molecule has 2 aromatic carbocycles. The van der Waals surface area contributed by atoms with E-state index in [-0.39, 0.29) is 11.3 Å². The number of fused-ring (bicyclic) bond motifs is 1. The fourth-order valence-electron chi connectivity index (χ4n) is 4.98. The number of furan rings is 1. The van der Waals surface area contributed by atoms with Gasteiger partial charge >= 0.3 is 0 Å². The van der Waals surface area contributed by atoms with Crippen LogP contribution < -0.4 is 9.47 Å². The van der Waals surface area contributed by atoms with Gasteiger partial charge in [-0.1, -0.05) is 24.3 Å². The zero-order valence-corrected chi connectivity index (χ0v) is 20.9. The number of aliphatic hydroxyl groups is 1. The molecule has 1 amide bonds. The number of carbonyl (C=O) groups is 2. The van der Waals surface area contributed by atoms with Gasteiger partial charge in [0.25, 0.3) is 5.91 Å². The molecule has 3 heterocycles. The van der Waals surface area contributed by atoms with Crippen LogP contribution in [0.5, 0.6) is 11.5 Å². The molecule has 1 fully saturated rings. The minimum absolute atomic E-state index is 0.000405. The maximum Gasteiger partial charge on any atom is 0.290 e. The molecule has 0 radical (unpaired) electrons. The summed E-state index contributed by atoms with van der Waals surface area (Å²) < 4.78 is 21.9. The quantitative estimate of drug-likeness (QED) is 0.438. The SMILES string of the molecule is COc1ccc([C@@H]2C(C(=O)c3cc4cccc(OC)c4o3)=C(O)C(=O)N2CCCN2CCOCC2)cc1. The zero-order valence-electron chi connectivity index (χ0n) is 20.9. The summed E-state index contributed by atoms with van der Waals surface area (Å²) in [5.41, 5.74) is 1.13. The summed E-state index contributed by atoms with van der Waals surface area (Å²) >= 11 is 0. The van der Waals surface area contributed by atoms with E-state index in [1.165, 1.54) is 7.11 Å². The van der Waals surface area contributed by atoms with Gasteiger partial charge in [-0.05, 0) is 36.2 Å². The molecule has 9 nitrogen and oxygen atoms in total. The Balaban J connectivity index is 1.47. The number of ketones is 1. The molecule has 0 aliphatic carbocycles. The molecule has 1 saturated heterocycles. The van der Waals surface area contributed by atoms with Gasteiger partial charge in [0, 0.05) is 31.6 Å². The number of methoxy groups -OCH3 is 2. The van der Waals surface area contributed by atoms with E-state index in [1.54, 1.807) is 54.5 Å². The smallest absolute Gasteiger partial charge is 0.290 e. The van der Waals surface area contributed by atoms with Crippen molar-refractivity contribution in [1.82, 2.24) is 9.80 Å². The first-order valence-corrected chi connectivity index (χ1v) is 12.3. The van der Waals surface area contributed by atoms with Gasteiger partial charge in [-0.15, -0.1) is 0 Å². The predicted molar refractivity (Wildman–Crippen MR) is 136 cm³/mol. The molecule has 2 aliphatic rings. The lowest BCUT2D eigenvalue weighted by molar-refractivity contribution is -0.129. The Kier molecular flexibility index (Phi) is 7.16. The Bertz CT molecular complexity index is 1320. The van der Waals surface area contributed by atoms with Crippen molar-refractivity contribution < 1.29 is 33.3 Å². The first kappa shape index (κ1) is 24.9. The van der Waals surface area contributed by atoms with Gasteiger partial charge in [-0.25, -0.2) is 0 Å². The predicted octanol–water partition coefficient (Wildman–Crippen LogP) is 3.75. The number of hydrogen-bond acceptors (Lipinski definition) is 8. The number of aliphatic hydroxyl groups excluding tert-OH is 1. The van der Waals surface area contributed by atoms with E-state index in [0.29, 0.717) is 54.2 Å². The van der Waals surface area contributed by atoms with E-state index in [0.717, 1.165) is 19.6 Å². The monoisotopic (exact) mass is 506 g/mol. The highest BCUT2D eigenvalue weighted by molar-refractivity contribution is 6.16. The van der Waals surface area contributed by atoms with Gasteiger partial charge < -0.3 is 28.6 Å². The lowest BCUT2D eigenvalue weighted by atomic mass is 9.95. The van der Waals surface area contributed by atoms with Gasteiger partial charge in [0.1, 0.15) is 5.75 Å². The van der Waals surface area contributed by atoms with Crippen molar-refractivity contribution in [3.05, 3.63) is 71.2 Å². The lowest BCUT2D eigenvalue weighted by Crippen LogP contribution is -2.39. The third-order valence-electron chi connectivity index (χ3n) is 6.91. The van der Waals surface area contributed by atoms with Crippen molar-refractivity contribution in [2.24, 2.45) is 0 Å². The third kappa shape index (κ3) is 4.80. The standard InChI is InChI=1S/C28H30N2O7/c1-34-20-9-7-18(8-10-20)24-23(25(31)22-17-19-5-3-6-21(35-2)27(19)37-22)26(32)28(33)30(24)12-4-11-29-13-15-36-16-14-29/h3,5-10,17,24,32H,4,11-16H2,1-2H3/t24-/m1/s1. The average molecular weight is 507 g/mol. The summed E-state index contributed by atoms with van der Waals surface area (Å²) in [6, 6.07) is 13.4. The average Bonchev–Trinajstić information content (AvgIpc) is 3.48. The fraction of sp³-hybridized carbons (Fsp3) is 0.357. The summed E-state index contributed by atoms with van der Waals surface area (Å²) in [5, 5.41) is 11.7. The molecular weight excluding hydrogens is 476 g/mol. The number of carbonyl (C=O) groups excluding carboxylic acids is 2. The Morgan fingerprint density at radius 2 is 1.81 bits per heavy atom. The van der Waals surface area contributed by atoms with Crippen LogP contribution in [-0.4, -0.2) is 80.2 Å². The molecule has 194 valence electrons. The molecule has 0 saturated carbocycles. The summed E-state index contributed by atoms with van der Waals surface area (Å²) in [7, 11) is 3.10. The van der Waals surface area contributed by atoms with Gasteiger partial charge in [0.2, 0.25) is 5.78 Å². The van der Waals surface area contributed by atoms with Crippen LogP contribution in [0.2, 0.25) is 0 Å². The normalized spacial score (nSPS) is 18.6. The molecule has 5 rings (SSSR count). The molecule has 2 aliphatic heterocycles. The Morgan fingerprint density at radius 3 is 2.51 bits per heavy atom. The molecule has 0 unspecified atom stereocenters. The molecule has 1 atom stereocenters. The lowest BCUT2D eigenvalue weighted by Gasteiger charge is -2.30. The van der Waals surface area contributed by atoms with Crippen LogP contribution in [0, 0.1) is 0 Å². The Hall–Kier alpha value is -3.82. The molecule has 0 spiro atoms. The summed E-state index contributed by atoms with van der Waals surface area (Å²) in [4.78, 5) is 30.9. The highest BCUT2D eigenvalue weighted by Crippen LogP contribution is 2.40. The third-order valence-corrected chi connectivity index (χ3v) is 6.91. The number of rotatable bonds is 9. The Labute approximate surface area is 214 Å². The molecular formula is C28H30N2O7. The minimum atomic E-state index is -0.759. The van der Waals surface area contributed by atoms with Crippen molar-refractivity contribution in [2.75, 3.05) is 53.6 Å². The van der Waals surface area contributed by atoms with Gasteiger partial charge in [-0.3, -0.25) is 14.5 Å². The number of morpholine rings is 1. The Morgan fingerprint density at radius 1 is 1.05 bits per heavy atom. The van der Waals surface area contributed by atoms with Crippen LogP contribution in [0.1, 0.15) is 28.6 Å². The van der Waals surface area contributed by atoms with Crippen molar-refractivity contribution >= 4 is 22.7 Å². The minimum Gasteiger partial charge on any atom is -0.503 e. The first-order chi connectivity index (χ1) is 18.0. The van der Waals surface area contributed by atoms with E-state index in [2.05, 4.69) is 4.90 Å². The number of amides is 1. The number of benzene rings is 2. The van der Waals surface area contributed by atoms with E-state index in [4.69, 9.17) is 18.6 Å². The van der Waals surface area contributed by atoms with Crippen LogP contribution in [-0.2, 0) is 9.53 Å². The van der Waals surface area contributed by atoms with Gasteiger partial charge in [0.15, 0.2) is 22.9 Å². The van der Waals surface area contributed by atoms with E-state index < -0.39 is 23.5 Å². The van der Waals surface area contributed by atoms with Crippen LogP contribution in [0.15, 0.2) is 64.3 Å². The second-order valence-electron chi connectivity index (χ2n) is 9.06. The maximum atomic E-state index is 13.8. The van der Waals surface area contributed by atoms with Gasteiger partial charge in [-0.2, -0.15) is 0 Å².